The quantitative estimate of drug-likeness (QED) is 0.742. The van der Waals surface area contributed by atoms with Crippen LogP contribution in [-0.4, -0.2) is 23.2 Å². The van der Waals surface area contributed by atoms with Crippen LogP contribution in [-0.2, 0) is 11.3 Å². The molecule has 82 valence electrons. The van der Waals surface area contributed by atoms with Gasteiger partial charge in [0.1, 0.15) is 11.5 Å². The minimum Gasteiger partial charge on any atom is -0.464 e. The van der Waals surface area contributed by atoms with Gasteiger partial charge in [-0.15, -0.1) is 11.6 Å². The van der Waals surface area contributed by atoms with Gasteiger partial charge in [0.2, 0.25) is 5.91 Å². The highest BCUT2D eigenvalue weighted by Crippen LogP contribution is 2.21. The highest BCUT2D eigenvalue weighted by molar-refractivity contribution is 6.18. The molecule has 0 bridgehead atoms. The van der Waals surface area contributed by atoms with E-state index in [1.54, 1.807) is 0 Å². The molecule has 1 aliphatic rings. The van der Waals surface area contributed by atoms with E-state index in [-0.39, 0.29) is 5.91 Å². The molecule has 1 atom stereocenters. The van der Waals surface area contributed by atoms with Crippen molar-refractivity contribution in [2.45, 2.75) is 19.9 Å². The predicted molar refractivity (Wildman–Crippen MR) is 57.7 cm³/mol. The van der Waals surface area contributed by atoms with Gasteiger partial charge >= 0.3 is 0 Å². The maximum absolute atomic E-state index is 11.6. The fraction of sp³-hybridized carbons (Fsp3) is 0.545. The first-order valence-corrected chi connectivity index (χ1v) is 5.61. The Bertz CT molecular complexity index is 361. The number of amides is 1. The zero-order valence-corrected chi connectivity index (χ0v) is 9.46. The number of carbonyl (C=O) groups excluding carboxylic acids is 1. The number of furan rings is 1. The van der Waals surface area contributed by atoms with E-state index in [1.807, 2.05) is 24.0 Å². The lowest BCUT2D eigenvalue weighted by atomic mass is 10.1. The average molecular weight is 228 g/mol. The Morgan fingerprint density at radius 2 is 2.40 bits per heavy atom. The van der Waals surface area contributed by atoms with Gasteiger partial charge in [-0.25, -0.2) is 0 Å². The summed E-state index contributed by atoms with van der Waals surface area (Å²) in [6.07, 6.45) is 0.573. The van der Waals surface area contributed by atoms with Crippen molar-refractivity contribution in [2.24, 2.45) is 5.92 Å². The third kappa shape index (κ3) is 2.34. The Labute approximate surface area is 94.0 Å². The van der Waals surface area contributed by atoms with Crippen LogP contribution in [0.5, 0.6) is 0 Å². The van der Waals surface area contributed by atoms with Gasteiger partial charge in [0.15, 0.2) is 0 Å². The van der Waals surface area contributed by atoms with Crippen LogP contribution in [0, 0.1) is 12.8 Å². The van der Waals surface area contributed by atoms with Gasteiger partial charge < -0.3 is 9.32 Å². The van der Waals surface area contributed by atoms with E-state index in [2.05, 4.69) is 0 Å². The second-order valence-corrected chi connectivity index (χ2v) is 4.32. The fourth-order valence-corrected chi connectivity index (χ4v) is 2.08. The Balaban J connectivity index is 1.98. The van der Waals surface area contributed by atoms with Crippen LogP contribution < -0.4 is 0 Å². The fourth-order valence-electron chi connectivity index (χ4n) is 1.87. The summed E-state index contributed by atoms with van der Waals surface area (Å²) >= 11 is 5.74. The van der Waals surface area contributed by atoms with E-state index in [9.17, 15) is 4.79 Å². The second kappa shape index (κ2) is 4.27. The molecule has 1 fully saturated rings. The van der Waals surface area contributed by atoms with Crippen molar-refractivity contribution >= 4 is 17.5 Å². The van der Waals surface area contributed by atoms with Crippen LogP contribution in [0.15, 0.2) is 16.5 Å². The number of aryl methyl sites for hydroxylation is 1. The molecule has 2 heterocycles. The monoisotopic (exact) mass is 227 g/mol. The predicted octanol–water partition coefficient (Wildman–Crippen LogP) is 2.18. The summed E-state index contributed by atoms with van der Waals surface area (Å²) < 4.78 is 5.44. The second-order valence-electron chi connectivity index (χ2n) is 4.01. The Morgan fingerprint density at radius 1 is 1.60 bits per heavy atom. The van der Waals surface area contributed by atoms with E-state index >= 15 is 0 Å². The maximum atomic E-state index is 11.6. The van der Waals surface area contributed by atoms with Crippen LogP contribution >= 0.6 is 11.6 Å². The SMILES string of the molecule is Cc1ccc(CN2CC(CCl)CC2=O)o1. The van der Waals surface area contributed by atoms with Crippen LogP contribution in [0.3, 0.4) is 0 Å². The highest BCUT2D eigenvalue weighted by Gasteiger charge is 2.29. The minimum atomic E-state index is 0.176. The first-order chi connectivity index (χ1) is 7.19. The summed E-state index contributed by atoms with van der Waals surface area (Å²) in [5.41, 5.74) is 0. The Kier molecular flexibility index (Phi) is 3.00. The Hall–Kier alpha value is -0.960. The van der Waals surface area contributed by atoms with E-state index < -0.39 is 0 Å². The molecule has 2 rings (SSSR count). The summed E-state index contributed by atoms with van der Waals surface area (Å²) in [5, 5.41) is 0. The molecule has 1 aromatic rings. The van der Waals surface area contributed by atoms with Crippen LogP contribution in [0.4, 0.5) is 0 Å². The molecule has 1 aliphatic heterocycles. The van der Waals surface area contributed by atoms with Crippen LogP contribution in [0.1, 0.15) is 17.9 Å². The highest BCUT2D eigenvalue weighted by atomic mass is 35.5. The number of nitrogens with zero attached hydrogens (tertiary/aromatic N) is 1. The smallest absolute Gasteiger partial charge is 0.223 e. The van der Waals surface area contributed by atoms with E-state index in [0.29, 0.717) is 24.8 Å². The lowest BCUT2D eigenvalue weighted by Crippen LogP contribution is -2.24. The van der Waals surface area contributed by atoms with Gasteiger partial charge in [-0.1, -0.05) is 0 Å². The first kappa shape index (κ1) is 10.6. The molecule has 0 spiro atoms. The molecule has 0 aromatic carbocycles. The van der Waals surface area contributed by atoms with Gasteiger partial charge in [0.25, 0.3) is 0 Å². The van der Waals surface area contributed by atoms with Crippen molar-refractivity contribution in [1.82, 2.24) is 4.90 Å². The van der Waals surface area contributed by atoms with Gasteiger partial charge in [-0.2, -0.15) is 0 Å². The molecule has 0 N–H and O–H groups in total. The van der Waals surface area contributed by atoms with Crippen molar-refractivity contribution in [1.29, 1.82) is 0 Å². The summed E-state index contributed by atoms with van der Waals surface area (Å²) in [5.74, 6) is 2.76. The molecule has 0 aliphatic carbocycles. The van der Waals surface area contributed by atoms with Crippen LogP contribution in [0.2, 0.25) is 0 Å². The third-order valence-electron chi connectivity index (χ3n) is 2.66. The van der Waals surface area contributed by atoms with Crippen molar-refractivity contribution < 1.29 is 9.21 Å². The Morgan fingerprint density at radius 3 is 2.93 bits per heavy atom. The van der Waals surface area contributed by atoms with Crippen LogP contribution in [0.25, 0.3) is 0 Å². The van der Waals surface area contributed by atoms with Gasteiger partial charge in [-0.05, 0) is 25.0 Å². The molecule has 1 amide bonds. The molecule has 0 radical (unpaired) electrons. The zero-order chi connectivity index (χ0) is 10.8. The number of carbonyl (C=O) groups is 1. The van der Waals surface area contributed by atoms with Gasteiger partial charge in [0, 0.05) is 18.8 Å². The zero-order valence-electron chi connectivity index (χ0n) is 8.70. The molecule has 1 aromatic heterocycles. The lowest BCUT2D eigenvalue weighted by molar-refractivity contribution is -0.128. The number of halogens is 1. The standard InChI is InChI=1S/C11H14ClNO2/c1-8-2-3-10(15-8)7-13-6-9(5-12)4-11(13)14/h2-3,9H,4-7H2,1H3. The number of likely N-dealkylation sites (tertiary alicyclic amines) is 1. The van der Waals surface area contributed by atoms with Crippen molar-refractivity contribution in [2.75, 3.05) is 12.4 Å². The number of alkyl halides is 1. The molecule has 15 heavy (non-hydrogen) atoms. The molecule has 0 saturated carbocycles. The first-order valence-electron chi connectivity index (χ1n) is 5.08. The van der Waals surface area contributed by atoms with Gasteiger partial charge in [0.05, 0.1) is 6.54 Å². The average Bonchev–Trinajstić information content (AvgIpc) is 2.75. The number of hydrogen-bond acceptors (Lipinski definition) is 2. The van der Waals surface area contributed by atoms with Crippen molar-refractivity contribution in [3.05, 3.63) is 23.7 Å². The maximum Gasteiger partial charge on any atom is 0.223 e. The van der Waals surface area contributed by atoms with Crippen molar-refractivity contribution in [3.8, 4) is 0 Å². The molecule has 3 nitrogen and oxygen atoms in total. The summed E-state index contributed by atoms with van der Waals surface area (Å²) in [6.45, 7) is 3.22. The molecule has 4 heteroatoms. The number of hydrogen-bond donors (Lipinski definition) is 0. The topological polar surface area (TPSA) is 33.5 Å². The lowest BCUT2D eigenvalue weighted by Gasteiger charge is -2.14. The van der Waals surface area contributed by atoms with Crippen molar-refractivity contribution in [3.63, 3.8) is 0 Å². The minimum absolute atomic E-state index is 0.176. The summed E-state index contributed by atoms with van der Waals surface area (Å²) in [4.78, 5) is 13.4. The summed E-state index contributed by atoms with van der Waals surface area (Å²) in [7, 11) is 0. The largest absolute Gasteiger partial charge is 0.464 e. The number of rotatable bonds is 3. The summed E-state index contributed by atoms with van der Waals surface area (Å²) in [6, 6.07) is 3.82. The molecular weight excluding hydrogens is 214 g/mol. The van der Waals surface area contributed by atoms with E-state index in [4.69, 9.17) is 16.0 Å². The normalized spacial score (nSPS) is 21.3. The molecular formula is C11H14ClNO2. The third-order valence-corrected chi connectivity index (χ3v) is 3.09. The van der Waals surface area contributed by atoms with E-state index in [0.717, 1.165) is 18.1 Å². The molecule has 1 unspecified atom stereocenters. The van der Waals surface area contributed by atoms with Gasteiger partial charge in [-0.3, -0.25) is 4.79 Å². The molecule has 1 saturated heterocycles. The van der Waals surface area contributed by atoms with E-state index in [1.165, 1.54) is 0 Å².